The maximum absolute atomic E-state index is 13.2. The second kappa shape index (κ2) is 6.15. The molecule has 0 radical (unpaired) electrons. The lowest BCUT2D eigenvalue weighted by molar-refractivity contribution is -0.113. The van der Waals surface area contributed by atoms with Crippen LogP contribution in [0, 0.1) is 17.6 Å². The molecule has 3 nitrogen and oxygen atoms in total. The Labute approximate surface area is 108 Å². The molecular weight excluding hydrogens is 258 g/mol. The van der Waals surface area contributed by atoms with Gasteiger partial charge in [0, 0.05) is 6.07 Å². The Morgan fingerprint density at radius 3 is 2.89 bits per heavy atom. The molecule has 2 N–H and O–H groups in total. The molecule has 0 aromatic heterocycles. The fourth-order valence-electron chi connectivity index (χ4n) is 1.56. The highest BCUT2D eigenvalue weighted by atomic mass is 32.2. The van der Waals surface area contributed by atoms with Crippen LogP contribution in [0.5, 0.6) is 0 Å². The van der Waals surface area contributed by atoms with E-state index in [1.165, 1.54) is 11.8 Å². The standard InChI is InChI=1S/C12H14F2N2OS/c13-9-1-2-10(14)11(3-9)16-12(17)7-18-6-8-4-15-5-8/h1-3,8,15H,4-7H2,(H,16,17). The number of hydrogen-bond acceptors (Lipinski definition) is 3. The summed E-state index contributed by atoms with van der Waals surface area (Å²) >= 11 is 1.51. The predicted octanol–water partition coefficient (Wildman–Crippen LogP) is 1.86. The van der Waals surface area contributed by atoms with Gasteiger partial charge in [-0.25, -0.2) is 8.78 Å². The summed E-state index contributed by atoms with van der Waals surface area (Å²) in [6, 6.07) is 3.00. The first-order valence-corrected chi connectivity index (χ1v) is 6.84. The van der Waals surface area contributed by atoms with E-state index >= 15 is 0 Å². The van der Waals surface area contributed by atoms with Crippen molar-refractivity contribution in [3.8, 4) is 0 Å². The Hall–Kier alpha value is -1.14. The Morgan fingerprint density at radius 2 is 2.22 bits per heavy atom. The van der Waals surface area contributed by atoms with Crippen molar-refractivity contribution in [2.24, 2.45) is 5.92 Å². The summed E-state index contributed by atoms with van der Waals surface area (Å²) in [7, 11) is 0. The molecule has 0 unspecified atom stereocenters. The predicted molar refractivity (Wildman–Crippen MR) is 68.7 cm³/mol. The molecule has 98 valence electrons. The van der Waals surface area contributed by atoms with E-state index in [0.29, 0.717) is 5.92 Å². The average molecular weight is 272 g/mol. The highest BCUT2D eigenvalue weighted by Crippen LogP contribution is 2.16. The summed E-state index contributed by atoms with van der Waals surface area (Å²) in [4.78, 5) is 11.5. The van der Waals surface area contributed by atoms with Crippen LogP contribution in [0.2, 0.25) is 0 Å². The number of rotatable bonds is 5. The van der Waals surface area contributed by atoms with Gasteiger partial charge in [0.15, 0.2) is 0 Å². The summed E-state index contributed by atoms with van der Waals surface area (Å²) in [5, 5.41) is 5.52. The van der Waals surface area contributed by atoms with Gasteiger partial charge in [-0.3, -0.25) is 4.79 Å². The topological polar surface area (TPSA) is 41.1 Å². The van der Waals surface area contributed by atoms with E-state index < -0.39 is 11.6 Å². The minimum absolute atomic E-state index is 0.106. The Morgan fingerprint density at radius 1 is 1.44 bits per heavy atom. The van der Waals surface area contributed by atoms with Gasteiger partial charge in [-0.05, 0) is 36.9 Å². The first kappa shape index (κ1) is 13.3. The van der Waals surface area contributed by atoms with Crippen LogP contribution in [-0.2, 0) is 4.79 Å². The van der Waals surface area contributed by atoms with Crippen LogP contribution in [0.25, 0.3) is 0 Å². The second-order valence-corrected chi connectivity index (χ2v) is 5.24. The summed E-state index contributed by atoms with van der Waals surface area (Å²) in [5.74, 6) is 0.279. The monoisotopic (exact) mass is 272 g/mol. The number of thioether (sulfide) groups is 1. The van der Waals surface area contributed by atoms with Crippen LogP contribution in [-0.4, -0.2) is 30.5 Å². The fourth-order valence-corrected chi connectivity index (χ4v) is 2.51. The fraction of sp³-hybridized carbons (Fsp3) is 0.417. The van der Waals surface area contributed by atoms with Crippen molar-refractivity contribution < 1.29 is 13.6 Å². The van der Waals surface area contributed by atoms with Crippen LogP contribution < -0.4 is 10.6 Å². The van der Waals surface area contributed by atoms with Crippen LogP contribution in [0.15, 0.2) is 18.2 Å². The van der Waals surface area contributed by atoms with Crippen molar-refractivity contribution in [1.29, 1.82) is 0 Å². The van der Waals surface area contributed by atoms with E-state index in [1.807, 2.05) is 0 Å². The van der Waals surface area contributed by atoms with E-state index in [1.54, 1.807) is 0 Å². The number of carbonyl (C=O) groups is 1. The zero-order valence-corrected chi connectivity index (χ0v) is 10.5. The molecule has 0 bridgehead atoms. The van der Waals surface area contributed by atoms with Gasteiger partial charge in [0.2, 0.25) is 5.91 Å². The molecule has 0 saturated carbocycles. The molecule has 1 saturated heterocycles. The number of hydrogen-bond donors (Lipinski definition) is 2. The van der Waals surface area contributed by atoms with Gasteiger partial charge in [-0.1, -0.05) is 0 Å². The van der Waals surface area contributed by atoms with Gasteiger partial charge >= 0.3 is 0 Å². The molecule has 1 aromatic carbocycles. The van der Waals surface area contributed by atoms with Crippen molar-refractivity contribution in [1.82, 2.24) is 5.32 Å². The maximum atomic E-state index is 13.2. The number of anilines is 1. The molecule has 18 heavy (non-hydrogen) atoms. The van der Waals surface area contributed by atoms with Crippen molar-refractivity contribution >= 4 is 23.4 Å². The lowest BCUT2D eigenvalue weighted by Crippen LogP contribution is -2.43. The first-order valence-electron chi connectivity index (χ1n) is 5.68. The smallest absolute Gasteiger partial charge is 0.234 e. The van der Waals surface area contributed by atoms with Crippen LogP contribution in [0.4, 0.5) is 14.5 Å². The molecule has 2 rings (SSSR count). The number of amides is 1. The summed E-state index contributed by atoms with van der Waals surface area (Å²) < 4.78 is 26.1. The third-order valence-electron chi connectivity index (χ3n) is 2.66. The second-order valence-electron chi connectivity index (χ2n) is 4.21. The average Bonchev–Trinajstić information content (AvgIpc) is 2.27. The highest BCUT2D eigenvalue weighted by molar-refractivity contribution is 7.99. The van der Waals surface area contributed by atoms with Gasteiger partial charge in [0.1, 0.15) is 11.6 Å². The van der Waals surface area contributed by atoms with Gasteiger partial charge in [-0.2, -0.15) is 11.8 Å². The van der Waals surface area contributed by atoms with Crippen molar-refractivity contribution in [2.45, 2.75) is 0 Å². The molecule has 1 aliphatic heterocycles. The van der Waals surface area contributed by atoms with Crippen molar-refractivity contribution in [2.75, 3.05) is 29.9 Å². The SMILES string of the molecule is O=C(CSCC1CNC1)Nc1cc(F)ccc1F. The van der Waals surface area contributed by atoms with Crippen LogP contribution in [0.1, 0.15) is 0 Å². The summed E-state index contributed by atoms with van der Waals surface area (Å²) in [6.45, 7) is 1.99. The molecule has 1 heterocycles. The van der Waals surface area contributed by atoms with Gasteiger partial charge in [-0.15, -0.1) is 0 Å². The Bertz CT molecular complexity index is 438. The Balaban J connectivity index is 1.77. The molecule has 0 spiro atoms. The molecule has 0 atom stereocenters. The largest absolute Gasteiger partial charge is 0.323 e. The minimum Gasteiger partial charge on any atom is -0.323 e. The molecule has 6 heteroatoms. The Kier molecular flexibility index (Phi) is 4.54. The number of benzene rings is 1. The number of carbonyl (C=O) groups excluding carboxylic acids is 1. The van der Waals surface area contributed by atoms with E-state index in [2.05, 4.69) is 10.6 Å². The van der Waals surface area contributed by atoms with Crippen LogP contribution in [0.3, 0.4) is 0 Å². The molecule has 1 amide bonds. The van der Waals surface area contributed by atoms with E-state index in [9.17, 15) is 13.6 Å². The lowest BCUT2D eigenvalue weighted by Gasteiger charge is -2.26. The molecule has 1 fully saturated rings. The van der Waals surface area contributed by atoms with Gasteiger partial charge in [0.25, 0.3) is 0 Å². The number of halogens is 2. The van der Waals surface area contributed by atoms with E-state index in [0.717, 1.165) is 37.0 Å². The molecular formula is C12H14F2N2OS. The van der Waals surface area contributed by atoms with Crippen LogP contribution >= 0.6 is 11.8 Å². The molecule has 0 aliphatic carbocycles. The van der Waals surface area contributed by atoms with E-state index in [4.69, 9.17) is 0 Å². The van der Waals surface area contributed by atoms with Crippen molar-refractivity contribution in [3.05, 3.63) is 29.8 Å². The summed E-state index contributed by atoms with van der Waals surface area (Å²) in [6.07, 6.45) is 0. The molecule has 1 aliphatic rings. The highest BCUT2D eigenvalue weighted by Gasteiger charge is 2.17. The maximum Gasteiger partial charge on any atom is 0.234 e. The zero-order chi connectivity index (χ0) is 13.0. The molecule has 1 aromatic rings. The normalized spacial score (nSPS) is 15.2. The van der Waals surface area contributed by atoms with E-state index in [-0.39, 0.29) is 17.3 Å². The minimum atomic E-state index is -0.627. The first-order chi connectivity index (χ1) is 8.65. The quantitative estimate of drug-likeness (QED) is 0.859. The third-order valence-corrected chi connectivity index (χ3v) is 3.83. The number of nitrogens with one attached hydrogen (secondary N) is 2. The third kappa shape index (κ3) is 3.68. The summed E-state index contributed by atoms with van der Waals surface area (Å²) in [5.41, 5.74) is -0.106. The van der Waals surface area contributed by atoms with Gasteiger partial charge < -0.3 is 10.6 Å². The zero-order valence-electron chi connectivity index (χ0n) is 9.71. The lowest BCUT2D eigenvalue weighted by atomic mass is 10.1. The van der Waals surface area contributed by atoms with Gasteiger partial charge in [0.05, 0.1) is 11.4 Å². The van der Waals surface area contributed by atoms with Crippen molar-refractivity contribution in [3.63, 3.8) is 0 Å².